The lowest BCUT2D eigenvalue weighted by Gasteiger charge is -2.00. The molecule has 0 aliphatic carbocycles. The number of para-hydroxylation sites is 2. The summed E-state index contributed by atoms with van der Waals surface area (Å²) in [5.41, 5.74) is 2.80. The fourth-order valence-electron chi connectivity index (χ4n) is 3.07. The zero-order chi connectivity index (χ0) is 15.9. The van der Waals surface area contributed by atoms with E-state index in [9.17, 15) is 0 Å². The molecule has 1 aliphatic rings. The van der Waals surface area contributed by atoms with Crippen molar-refractivity contribution in [1.82, 2.24) is 29.7 Å². The fraction of sp³-hybridized carbons (Fsp3) is 0.235. The van der Waals surface area contributed by atoms with Crippen LogP contribution in [0.4, 0.5) is 0 Å². The van der Waals surface area contributed by atoms with Gasteiger partial charge in [-0.1, -0.05) is 12.1 Å². The van der Waals surface area contributed by atoms with Crippen molar-refractivity contribution in [3.05, 3.63) is 48.4 Å². The van der Waals surface area contributed by atoms with Crippen LogP contribution in [0, 0.1) is 0 Å². The van der Waals surface area contributed by atoms with Crippen LogP contribution in [-0.4, -0.2) is 42.9 Å². The highest BCUT2D eigenvalue weighted by Crippen LogP contribution is 2.27. The minimum Gasteiger partial charge on any atom is -0.381 e. The lowest BCUT2D eigenvalue weighted by atomic mass is 10.1. The summed E-state index contributed by atoms with van der Waals surface area (Å²) in [6.07, 6.45) is 2.83. The number of fused-ring (bicyclic) bond motifs is 1. The van der Waals surface area contributed by atoms with Gasteiger partial charge in [-0.25, -0.2) is 9.97 Å². The van der Waals surface area contributed by atoms with Gasteiger partial charge >= 0.3 is 0 Å². The van der Waals surface area contributed by atoms with Gasteiger partial charge in [0.05, 0.1) is 23.3 Å². The highest BCUT2D eigenvalue weighted by atomic mass is 16.5. The standard InChI is InChI=1S/C17H16N6O/c1-2-5-13-12(4-1)19-17(20-13)23-16(14-6-3-8-18-14)21-15(22-23)11-7-9-24-10-11/h1-6,8,11,18H,7,9-10H2,(H,19,20). The van der Waals surface area contributed by atoms with Gasteiger partial charge in [0.2, 0.25) is 5.95 Å². The van der Waals surface area contributed by atoms with Gasteiger partial charge in [-0.05, 0) is 30.7 Å². The van der Waals surface area contributed by atoms with Gasteiger partial charge in [0.15, 0.2) is 11.6 Å². The van der Waals surface area contributed by atoms with E-state index < -0.39 is 0 Å². The Morgan fingerprint density at radius 3 is 2.88 bits per heavy atom. The van der Waals surface area contributed by atoms with Crippen LogP contribution >= 0.6 is 0 Å². The molecule has 1 aromatic carbocycles. The minimum atomic E-state index is 0.240. The van der Waals surface area contributed by atoms with Crippen LogP contribution < -0.4 is 0 Å². The number of imidazole rings is 1. The molecule has 5 rings (SSSR count). The third-order valence-corrected chi connectivity index (χ3v) is 4.33. The average molecular weight is 320 g/mol. The Bertz CT molecular complexity index is 945. The second kappa shape index (κ2) is 5.31. The van der Waals surface area contributed by atoms with Crippen LogP contribution in [0.3, 0.4) is 0 Å². The lowest BCUT2D eigenvalue weighted by molar-refractivity contribution is 0.193. The first-order valence-corrected chi connectivity index (χ1v) is 8.02. The molecule has 24 heavy (non-hydrogen) atoms. The quantitative estimate of drug-likeness (QED) is 0.608. The van der Waals surface area contributed by atoms with E-state index in [2.05, 4.69) is 15.0 Å². The molecule has 0 spiro atoms. The summed E-state index contributed by atoms with van der Waals surface area (Å²) < 4.78 is 7.26. The number of nitrogens with one attached hydrogen (secondary N) is 2. The van der Waals surface area contributed by atoms with Crippen molar-refractivity contribution in [2.24, 2.45) is 0 Å². The van der Waals surface area contributed by atoms with Crippen LogP contribution in [0.15, 0.2) is 42.6 Å². The molecule has 7 nitrogen and oxygen atoms in total. The molecule has 1 unspecified atom stereocenters. The van der Waals surface area contributed by atoms with Crippen molar-refractivity contribution in [2.45, 2.75) is 12.3 Å². The first-order chi connectivity index (χ1) is 11.9. The summed E-state index contributed by atoms with van der Waals surface area (Å²) >= 11 is 0. The van der Waals surface area contributed by atoms with Crippen molar-refractivity contribution in [1.29, 1.82) is 0 Å². The maximum Gasteiger partial charge on any atom is 0.231 e. The van der Waals surface area contributed by atoms with Crippen LogP contribution in [0.5, 0.6) is 0 Å². The molecule has 0 saturated carbocycles. The molecule has 4 heterocycles. The van der Waals surface area contributed by atoms with E-state index in [0.29, 0.717) is 12.6 Å². The van der Waals surface area contributed by atoms with E-state index >= 15 is 0 Å². The number of benzene rings is 1. The SMILES string of the molecule is c1c[nH]c(-c2nc(C3CCOC3)nn2-c2nc3ccccc3[nH]2)c1. The maximum atomic E-state index is 5.48. The van der Waals surface area contributed by atoms with Crippen molar-refractivity contribution in [2.75, 3.05) is 13.2 Å². The van der Waals surface area contributed by atoms with Gasteiger partial charge in [0.25, 0.3) is 0 Å². The Morgan fingerprint density at radius 1 is 1.12 bits per heavy atom. The molecule has 0 radical (unpaired) electrons. The Kier molecular flexibility index (Phi) is 2.99. The summed E-state index contributed by atoms with van der Waals surface area (Å²) in [5.74, 6) is 2.46. The molecule has 120 valence electrons. The topological polar surface area (TPSA) is 84.4 Å². The highest BCUT2D eigenvalue weighted by Gasteiger charge is 2.25. The summed E-state index contributed by atoms with van der Waals surface area (Å²) in [6, 6.07) is 11.9. The first kappa shape index (κ1) is 13.5. The zero-order valence-electron chi connectivity index (χ0n) is 12.9. The second-order valence-corrected chi connectivity index (χ2v) is 5.93. The van der Waals surface area contributed by atoms with Crippen LogP contribution in [-0.2, 0) is 4.74 Å². The number of rotatable bonds is 3. The normalized spacial score (nSPS) is 17.8. The van der Waals surface area contributed by atoms with Crippen molar-refractivity contribution < 1.29 is 4.74 Å². The number of H-pyrrole nitrogens is 2. The molecule has 1 aliphatic heterocycles. The molecule has 2 N–H and O–H groups in total. The molecule has 3 aromatic heterocycles. The Hall–Kier alpha value is -2.93. The van der Waals surface area contributed by atoms with Crippen LogP contribution in [0.25, 0.3) is 28.5 Å². The molecule has 1 atom stereocenters. The van der Waals surface area contributed by atoms with E-state index in [1.54, 1.807) is 4.68 Å². The largest absolute Gasteiger partial charge is 0.381 e. The molecule has 4 aromatic rings. The molecule has 0 amide bonds. The summed E-state index contributed by atoms with van der Waals surface area (Å²) in [4.78, 5) is 15.9. The molecule has 1 fully saturated rings. The third-order valence-electron chi connectivity index (χ3n) is 4.33. The second-order valence-electron chi connectivity index (χ2n) is 5.93. The molecular formula is C17H16N6O. The summed E-state index contributed by atoms with van der Waals surface area (Å²) in [7, 11) is 0. The van der Waals surface area contributed by atoms with Crippen molar-refractivity contribution in [3.8, 4) is 17.5 Å². The average Bonchev–Trinajstić information content (AvgIpc) is 3.40. The number of hydrogen-bond acceptors (Lipinski definition) is 4. The van der Waals surface area contributed by atoms with Gasteiger partial charge in [-0.3, -0.25) is 0 Å². The van der Waals surface area contributed by atoms with Gasteiger partial charge in [0.1, 0.15) is 0 Å². The maximum absolute atomic E-state index is 5.48. The molecule has 7 heteroatoms. The van der Waals surface area contributed by atoms with E-state index in [0.717, 1.165) is 41.4 Å². The number of ether oxygens (including phenoxy) is 1. The van der Waals surface area contributed by atoms with Crippen LogP contribution in [0.1, 0.15) is 18.2 Å². The zero-order valence-corrected chi connectivity index (χ0v) is 12.9. The number of aromatic amines is 2. The Labute approximate surface area is 137 Å². The predicted octanol–water partition coefficient (Wildman–Crippen LogP) is 2.64. The third kappa shape index (κ3) is 2.13. The Balaban J connectivity index is 1.67. The van der Waals surface area contributed by atoms with E-state index in [-0.39, 0.29) is 5.92 Å². The number of hydrogen-bond donors (Lipinski definition) is 2. The molecule has 0 bridgehead atoms. The fourth-order valence-corrected chi connectivity index (χ4v) is 3.07. The molecule has 1 saturated heterocycles. The van der Waals surface area contributed by atoms with Crippen molar-refractivity contribution >= 4 is 11.0 Å². The lowest BCUT2D eigenvalue weighted by Crippen LogP contribution is -2.04. The highest BCUT2D eigenvalue weighted by molar-refractivity contribution is 5.76. The van der Waals surface area contributed by atoms with Gasteiger partial charge in [0, 0.05) is 18.7 Å². The van der Waals surface area contributed by atoms with Gasteiger partial charge in [-0.15, -0.1) is 5.10 Å². The molecular weight excluding hydrogens is 304 g/mol. The summed E-state index contributed by atoms with van der Waals surface area (Å²) in [6.45, 7) is 1.44. The number of aromatic nitrogens is 6. The van der Waals surface area contributed by atoms with E-state index in [1.165, 1.54) is 0 Å². The van der Waals surface area contributed by atoms with Crippen molar-refractivity contribution in [3.63, 3.8) is 0 Å². The van der Waals surface area contributed by atoms with Crippen LogP contribution in [0.2, 0.25) is 0 Å². The summed E-state index contributed by atoms with van der Waals surface area (Å²) in [5, 5.41) is 4.73. The number of nitrogens with zero attached hydrogens (tertiary/aromatic N) is 4. The van der Waals surface area contributed by atoms with Gasteiger partial charge < -0.3 is 14.7 Å². The van der Waals surface area contributed by atoms with E-state index in [4.69, 9.17) is 14.8 Å². The van der Waals surface area contributed by atoms with E-state index in [1.807, 2.05) is 42.6 Å². The monoisotopic (exact) mass is 320 g/mol. The Morgan fingerprint density at radius 2 is 2.08 bits per heavy atom. The minimum absolute atomic E-state index is 0.240. The predicted molar refractivity (Wildman–Crippen MR) is 89.0 cm³/mol. The smallest absolute Gasteiger partial charge is 0.231 e. The first-order valence-electron chi connectivity index (χ1n) is 8.02. The van der Waals surface area contributed by atoms with Gasteiger partial charge in [-0.2, -0.15) is 4.68 Å².